The number of nitrogens with one attached hydrogen (secondary N) is 1. The maximum Gasteiger partial charge on any atom is 0.120 e. The SMILES string of the molecule is OCC1(c2ccccc2O)COCCN1. The Labute approximate surface area is 88.5 Å². The highest BCUT2D eigenvalue weighted by molar-refractivity contribution is 5.38. The molecule has 0 aromatic heterocycles. The molecule has 15 heavy (non-hydrogen) atoms. The number of aliphatic hydroxyl groups excluding tert-OH is 1. The fraction of sp³-hybridized carbons (Fsp3) is 0.455. The summed E-state index contributed by atoms with van der Waals surface area (Å²) in [7, 11) is 0. The van der Waals surface area contributed by atoms with Crippen LogP contribution in [-0.4, -0.2) is 36.6 Å². The van der Waals surface area contributed by atoms with Gasteiger partial charge in [0, 0.05) is 12.1 Å². The molecule has 1 saturated heterocycles. The normalized spacial score (nSPS) is 26.5. The molecule has 1 aliphatic heterocycles. The van der Waals surface area contributed by atoms with Gasteiger partial charge in [0.15, 0.2) is 0 Å². The van der Waals surface area contributed by atoms with Gasteiger partial charge in [-0.1, -0.05) is 18.2 Å². The number of phenols is 1. The topological polar surface area (TPSA) is 61.7 Å². The largest absolute Gasteiger partial charge is 0.508 e. The summed E-state index contributed by atoms with van der Waals surface area (Å²) in [5.41, 5.74) is 0.0241. The molecule has 4 nitrogen and oxygen atoms in total. The molecule has 82 valence electrons. The highest BCUT2D eigenvalue weighted by atomic mass is 16.5. The van der Waals surface area contributed by atoms with Crippen molar-refractivity contribution < 1.29 is 14.9 Å². The van der Waals surface area contributed by atoms with Crippen molar-refractivity contribution in [1.82, 2.24) is 5.32 Å². The molecule has 1 fully saturated rings. The molecule has 1 unspecified atom stereocenters. The van der Waals surface area contributed by atoms with Gasteiger partial charge in [-0.15, -0.1) is 0 Å². The minimum atomic E-state index is -0.663. The lowest BCUT2D eigenvalue weighted by Crippen LogP contribution is -2.54. The highest BCUT2D eigenvalue weighted by Gasteiger charge is 2.35. The molecule has 1 aromatic carbocycles. The van der Waals surface area contributed by atoms with Gasteiger partial charge >= 0.3 is 0 Å². The van der Waals surface area contributed by atoms with E-state index in [1.807, 2.05) is 6.07 Å². The monoisotopic (exact) mass is 209 g/mol. The van der Waals surface area contributed by atoms with E-state index in [4.69, 9.17) is 4.74 Å². The number of phenolic OH excluding ortho intramolecular Hbond substituents is 1. The summed E-state index contributed by atoms with van der Waals surface area (Å²) in [6.07, 6.45) is 0. The van der Waals surface area contributed by atoms with Crippen LogP contribution in [0.2, 0.25) is 0 Å². The molecule has 0 amide bonds. The molecular weight excluding hydrogens is 194 g/mol. The van der Waals surface area contributed by atoms with Crippen LogP contribution in [0.15, 0.2) is 24.3 Å². The van der Waals surface area contributed by atoms with Gasteiger partial charge in [-0.05, 0) is 6.07 Å². The van der Waals surface area contributed by atoms with Crippen molar-refractivity contribution in [2.45, 2.75) is 5.54 Å². The third-order valence-electron chi connectivity index (χ3n) is 2.75. The zero-order valence-electron chi connectivity index (χ0n) is 8.44. The molecule has 0 aliphatic carbocycles. The van der Waals surface area contributed by atoms with Crippen molar-refractivity contribution >= 4 is 0 Å². The van der Waals surface area contributed by atoms with Crippen LogP contribution in [0.25, 0.3) is 0 Å². The van der Waals surface area contributed by atoms with Crippen molar-refractivity contribution in [3.63, 3.8) is 0 Å². The minimum Gasteiger partial charge on any atom is -0.508 e. The average Bonchev–Trinajstić information content (AvgIpc) is 2.30. The van der Waals surface area contributed by atoms with E-state index in [2.05, 4.69) is 5.32 Å². The molecule has 0 spiro atoms. The van der Waals surface area contributed by atoms with Gasteiger partial charge in [0.25, 0.3) is 0 Å². The molecule has 1 atom stereocenters. The Morgan fingerprint density at radius 1 is 1.40 bits per heavy atom. The number of hydrogen-bond donors (Lipinski definition) is 3. The number of aliphatic hydroxyl groups is 1. The molecule has 1 heterocycles. The van der Waals surface area contributed by atoms with Gasteiger partial charge in [-0.25, -0.2) is 0 Å². The second-order valence-corrected chi connectivity index (χ2v) is 3.74. The number of hydrogen-bond acceptors (Lipinski definition) is 4. The van der Waals surface area contributed by atoms with Crippen LogP contribution in [-0.2, 0) is 10.3 Å². The molecule has 0 bridgehead atoms. The first kappa shape index (κ1) is 10.4. The van der Waals surface area contributed by atoms with Crippen LogP contribution in [0.3, 0.4) is 0 Å². The summed E-state index contributed by atoms with van der Waals surface area (Å²) in [4.78, 5) is 0. The van der Waals surface area contributed by atoms with Gasteiger partial charge in [-0.3, -0.25) is 0 Å². The fourth-order valence-corrected chi connectivity index (χ4v) is 1.90. The van der Waals surface area contributed by atoms with E-state index in [1.165, 1.54) is 0 Å². The molecule has 0 saturated carbocycles. The maximum absolute atomic E-state index is 9.75. The van der Waals surface area contributed by atoms with Gasteiger partial charge < -0.3 is 20.3 Å². The highest BCUT2D eigenvalue weighted by Crippen LogP contribution is 2.30. The Kier molecular flexibility index (Phi) is 2.90. The predicted molar refractivity (Wildman–Crippen MR) is 55.7 cm³/mol. The van der Waals surface area contributed by atoms with Crippen LogP contribution in [0.4, 0.5) is 0 Å². The number of para-hydroxylation sites is 1. The van der Waals surface area contributed by atoms with E-state index in [1.54, 1.807) is 18.2 Å². The summed E-state index contributed by atoms with van der Waals surface area (Å²) in [5, 5.41) is 22.4. The van der Waals surface area contributed by atoms with Crippen LogP contribution in [0, 0.1) is 0 Å². The van der Waals surface area contributed by atoms with E-state index in [-0.39, 0.29) is 12.4 Å². The summed E-state index contributed by atoms with van der Waals surface area (Å²) < 4.78 is 5.35. The fourth-order valence-electron chi connectivity index (χ4n) is 1.90. The van der Waals surface area contributed by atoms with Crippen LogP contribution >= 0.6 is 0 Å². The smallest absolute Gasteiger partial charge is 0.120 e. The van der Waals surface area contributed by atoms with Crippen molar-refractivity contribution in [2.75, 3.05) is 26.4 Å². The van der Waals surface area contributed by atoms with Gasteiger partial charge in [-0.2, -0.15) is 0 Å². The number of benzene rings is 1. The second-order valence-electron chi connectivity index (χ2n) is 3.74. The molecular formula is C11H15NO3. The molecule has 3 N–H and O–H groups in total. The standard InChI is InChI=1S/C11H15NO3/c13-7-11(8-15-6-5-12-11)9-3-1-2-4-10(9)14/h1-4,12-14H,5-8H2. The third kappa shape index (κ3) is 1.84. The Morgan fingerprint density at radius 3 is 2.80 bits per heavy atom. The number of rotatable bonds is 2. The Balaban J connectivity index is 2.36. The Morgan fingerprint density at radius 2 is 2.20 bits per heavy atom. The Bertz CT molecular complexity index is 334. The second kappa shape index (κ2) is 4.18. The summed E-state index contributed by atoms with van der Waals surface area (Å²) in [5.74, 6) is 0.185. The molecule has 1 aromatic rings. The first-order valence-corrected chi connectivity index (χ1v) is 5.01. The van der Waals surface area contributed by atoms with Crippen LogP contribution in [0.1, 0.15) is 5.56 Å². The van der Waals surface area contributed by atoms with Crippen molar-refractivity contribution in [1.29, 1.82) is 0 Å². The lowest BCUT2D eigenvalue weighted by molar-refractivity contribution is -0.00435. The predicted octanol–water partition coefficient (Wildman–Crippen LogP) is 0.200. The molecule has 1 aliphatic rings. The van der Waals surface area contributed by atoms with E-state index in [0.717, 1.165) is 0 Å². The van der Waals surface area contributed by atoms with Crippen molar-refractivity contribution in [3.8, 4) is 5.75 Å². The van der Waals surface area contributed by atoms with Crippen molar-refractivity contribution in [3.05, 3.63) is 29.8 Å². The maximum atomic E-state index is 9.75. The number of aromatic hydroxyl groups is 1. The van der Waals surface area contributed by atoms with Gasteiger partial charge in [0.1, 0.15) is 5.75 Å². The van der Waals surface area contributed by atoms with Crippen LogP contribution < -0.4 is 5.32 Å². The summed E-state index contributed by atoms with van der Waals surface area (Å²) >= 11 is 0. The van der Waals surface area contributed by atoms with E-state index in [9.17, 15) is 10.2 Å². The summed E-state index contributed by atoms with van der Waals surface area (Å²) in [6, 6.07) is 7.01. The van der Waals surface area contributed by atoms with E-state index < -0.39 is 5.54 Å². The first-order valence-electron chi connectivity index (χ1n) is 5.01. The molecule has 0 radical (unpaired) electrons. The molecule has 4 heteroatoms. The lowest BCUT2D eigenvalue weighted by atomic mass is 9.90. The third-order valence-corrected chi connectivity index (χ3v) is 2.75. The minimum absolute atomic E-state index is 0.0927. The first-order chi connectivity index (χ1) is 7.28. The molecule has 2 rings (SSSR count). The zero-order valence-corrected chi connectivity index (χ0v) is 8.44. The quantitative estimate of drug-likeness (QED) is 0.651. The van der Waals surface area contributed by atoms with E-state index >= 15 is 0 Å². The number of morpholine rings is 1. The van der Waals surface area contributed by atoms with Gasteiger partial charge in [0.05, 0.1) is 25.4 Å². The number of ether oxygens (including phenoxy) is 1. The van der Waals surface area contributed by atoms with Crippen LogP contribution in [0.5, 0.6) is 5.75 Å². The van der Waals surface area contributed by atoms with E-state index in [0.29, 0.717) is 25.3 Å². The average molecular weight is 209 g/mol. The Hall–Kier alpha value is -1.10. The summed E-state index contributed by atoms with van der Waals surface area (Å²) in [6.45, 7) is 1.59. The zero-order chi connectivity index (χ0) is 10.7. The van der Waals surface area contributed by atoms with Crippen molar-refractivity contribution in [2.24, 2.45) is 0 Å². The lowest BCUT2D eigenvalue weighted by Gasteiger charge is -2.37. The van der Waals surface area contributed by atoms with Gasteiger partial charge in [0.2, 0.25) is 0 Å².